The molecule has 1 aliphatic heterocycles. The van der Waals surface area contributed by atoms with E-state index in [-0.39, 0.29) is 17.5 Å². The van der Waals surface area contributed by atoms with E-state index < -0.39 is 10.0 Å². The number of sulfonamides is 1. The lowest BCUT2D eigenvalue weighted by Gasteiger charge is -2.33. The van der Waals surface area contributed by atoms with Crippen molar-refractivity contribution in [2.75, 3.05) is 40.0 Å². The minimum absolute atomic E-state index is 0.123. The third-order valence-electron chi connectivity index (χ3n) is 4.18. The summed E-state index contributed by atoms with van der Waals surface area (Å²) in [6.45, 7) is 2.89. The van der Waals surface area contributed by atoms with Gasteiger partial charge < -0.3 is 13.9 Å². The fourth-order valence-corrected chi connectivity index (χ4v) is 4.09. The minimum Gasteiger partial charge on any atom is -0.495 e. The van der Waals surface area contributed by atoms with Crippen LogP contribution in [0.2, 0.25) is 0 Å². The van der Waals surface area contributed by atoms with Crippen molar-refractivity contribution in [3.8, 4) is 5.75 Å². The van der Waals surface area contributed by atoms with Gasteiger partial charge in [0.05, 0.1) is 32.6 Å². The number of benzene rings is 1. The second kappa shape index (κ2) is 8.01. The number of para-hydroxylation sites is 1. The first-order chi connectivity index (χ1) is 12.1. The molecule has 136 valence electrons. The molecule has 2 heterocycles. The Morgan fingerprint density at radius 3 is 2.64 bits per heavy atom. The number of morpholine rings is 1. The van der Waals surface area contributed by atoms with E-state index in [0.717, 1.165) is 18.8 Å². The Kier molecular flexibility index (Phi) is 5.74. The Bertz CT molecular complexity index is 770. The van der Waals surface area contributed by atoms with Crippen molar-refractivity contribution in [3.63, 3.8) is 0 Å². The van der Waals surface area contributed by atoms with Gasteiger partial charge in [0.25, 0.3) is 0 Å². The standard InChI is InChI=1S/C17H22N2O5S/c1-22-16-5-2-3-7-17(16)25(20,21)18-13-14(15-6-4-10-24-15)19-8-11-23-12-9-19/h2-7,10,14,18H,8-9,11-13H2,1H3. The average Bonchev–Trinajstić information content (AvgIpc) is 3.17. The van der Waals surface area contributed by atoms with E-state index in [9.17, 15) is 8.42 Å². The molecule has 25 heavy (non-hydrogen) atoms. The third-order valence-corrected chi connectivity index (χ3v) is 5.65. The second-order valence-corrected chi connectivity index (χ2v) is 7.42. The number of hydrogen-bond donors (Lipinski definition) is 1. The van der Waals surface area contributed by atoms with Crippen molar-refractivity contribution in [1.29, 1.82) is 0 Å². The van der Waals surface area contributed by atoms with Gasteiger partial charge in [-0.25, -0.2) is 13.1 Å². The zero-order valence-corrected chi connectivity index (χ0v) is 14.9. The maximum Gasteiger partial charge on any atom is 0.244 e. The highest BCUT2D eigenvalue weighted by Gasteiger charge is 2.27. The van der Waals surface area contributed by atoms with Gasteiger partial charge in [-0.05, 0) is 24.3 Å². The molecule has 1 atom stereocenters. The van der Waals surface area contributed by atoms with Crippen LogP contribution in [0.4, 0.5) is 0 Å². The molecule has 1 saturated heterocycles. The Hall–Kier alpha value is -1.87. The summed E-state index contributed by atoms with van der Waals surface area (Å²) in [5.41, 5.74) is 0. The molecule has 0 amide bonds. The molecule has 7 nitrogen and oxygen atoms in total. The van der Waals surface area contributed by atoms with Crippen LogP contribution in [0.25, 0.3) is 0 Å². The number of hydrogen-bond acceptors (Lipinski definition) is 6. The Morgan fingerprint density at radius 2 is 1.96 bits per heavy atom. The van der Waals surface area contributed by atoms with Gasteiger partial charge in [0.1, 0.15) is 16.4 Å². The van der Waals surface area contributed by atoms with Gasteiger partial charge in [0, 0.05) is 19.6 Å². The molecular weight excluding hydrogens is 344 g/mol. The molecule has 1 unspecified atom stereocenters. The van der Waals surface area contributed by atoms with Crippen LogP contribution in [0, 0.1) is 0 Å². The van der Waals surface area contributed by atoms with Crippen LogP contribution in [0.5, 0.6) is 5.75 Å². The number of furan rings is 1. The Labute approximate surface area is 147 Å². The normalized spacial score (nSPS) is 17.3. The molecule has 1 aromatic carbocycles. The first-order valence-electron chi connectivity index (χ1n) is 8.09. The average molecular weight is 366 g/mol. The second-order valence-electron chi connectivity index (χ2n) is 5.68. The summed E-state index contributed by atoms with van der Waals surface area (Å²) in [5, 5.41) is 0. The van der Waals surface area contributed by atoms with Crippen LogP contribution in [0.15, 0.2) is 52.0 Å². The number of ether oxygens (including phenoxy) is 2. The van der Waals surface area contributed by atoms with Crippen molar-refractivity contribution < 1.29 is 22.3 Å². The van der Waals surface area contributed by atoms with E-state index in [4.69, 9.17) is 13.9 Å². The van der Waals surface area contributed by atoms with Crippen LogP contribution in [0.1, 0.15) is 11.8 Å². The van der Waals surface area contributed by atoms with E-state index in [1.807, 2.05) is 6.07 Å². The van der Waals surface area contributed by atoms with E-state index in [2.05, 4.69) is 9.62 Å². The summed E-state index contributed by atoms with van der Waals surface area (Å²) >= 11 is 0. The molecular formula is C17H22N2O5S. The summed E-state index contributed by atoms with van der Waals surface area (Å²) in [4.78, 5) is 2.28. The third kappa shape index (κ3) is 4.21. The van der Waals surface area contributed by atoms with Crippen molar-refractivity contribution in [2.24, 2.45) is 0 Å². The number of nitrogens with zero attached hydrogens (tertiary/aromatic N) is 1. The van der Waals surface area contributed by atoms with Gasteiger partial charge in [-0.3, -0.25) is 4.90 Å². The highest BCUT2D eigenvalue weighted by molar-refractivity contribution is 7.89. The molecule has 0 radical (unpaired) electrons. The molecule has 1 aliphatic rings. The van der Waals surface area contributed by atoms with Gasteiger partial charge in [-0.15, -0.1) is 0 Å². The topological polar surface area (TPSA) is 81.0 Å². The van der Waals surface area contributed by atoms with Crippen LogP contribution in [0.3, 0.4) is 0 Å². The molecule has 2 aromatic rings. The fourth-order valence-electron chi connectivity index (χ4n) is 2.89. The molecule has 0 saturated carbocycles. The first-order valence-corrected chi connectivity index (χ1v) is 9.58. The zero-order valence-electron chi connectivity index (χ0n) is 14.1. The van der Waals surface area contributed by atoms with Crippen LogP contribution in [-0.4, -0.2) is 53.3 Å². The lowest BCUT2D eigenvalue weighted by atomic mass is 10.2. The Balaban J connectivity index is 1.78. The first kappa shape index (κ1) is 17.9. The van der Waals surface area contributed by atoms with Crippen molar-refractivity contribution in [3.05, 3.63) is 48.4 Å². The van der Waals surface area contributed by atoms with Crippen molar-refractivity contribution in [2.45, 2.75) is 10.9 Å². The zero-order chi connectivity index (χ0) is 17.7. The molecule has 3 rings (SSSR count). The van der Waals surface area contributed by atoms with Gasteiger partial charge in [-0.1, -0.05) is 12.1 Å². The minimum atomic E-state index is -3.70. The van der Waals surface area contributed by atoms with Gasteiger partial charge >= 0.3 is 0 Å². The van der Waals surface area contributed by atoms with Gasteiger partial charge in [0.2, 0.25) is 10.0 Å². The lowest BCUT2D eigenvalue weighted by Crippen LogP contribution is -2.43. The number of methoxy groups -OCH3 is 1. The van der Waals surface area contributed by atoms with Crippen LogP contribution >= 0.6 is 0 Å². The molecule has 0 bridgehead atoms. The molecule has 1 aromatic heterocycles. The monoisotopic (exact) mass is 366 g/mol. The summed E-state index contributed by atoms with van der Waals surface area (Å²) in [6.07, 6.45) is 1.59. The van der Waals surface area contributed by atoms with E-state index in [0.29, 0.717) is 19.0 Å². The molecule has 1 N–H and O–H groups in total. The van der Waals surface area contributed by atoms with Crippen molar-refractivity contribution in [1.82, 2.24) is 9.62 Å². The molecule has 0 aliphatic carbocycles. The quantitative estimate of drug-likeness (QED) is 0.802. The van der Waals surface area contributed by atoms with E-state index in [1.54, 1.807) is 30.5 Å². The fraction of sp³-hybridized carbons (Fsp3) is 0.412. The van der Waals surface area contributed by atoms with Gasteiger partial charge in [0.15, 0.2) is 0 Å². The van der Waals surface area contributed by atoms with Crippen molar-refractivity contribution >= 4 is 10.0 Å². The Morgan fingerprint density at radius 1 is 1.20 bits per heavy atom. The van der Waals surface area contributed by atoms with Crippen LogP contribution in [-0.2, 0) is 14.8 Å². The highest BCUT2D eigenvalue weighted by atomic mass is 32.2. The van der Waals surface area contributed by atoms with E-state index >= 15 is 0 Å². The highest BCUT2D eigenvalue weighted by Crippen LogP contribution is 2.25. The molecule has 1 fully saturated rings. The maximum atomic E-state index is 12.7. The summed E-state index contributed by atoms with van der Waals surface area (Å²) < 4.78 is 44.2. The summed E-state index contributed by atoms with van der Waals surface area (Å²) in [7, 11) is -2.25. The predicted molar refractivity (Wildman–Crippen MR) is 92.0 cm³/mol. The smallest absolute Gasteiger partial charge is 0.244 e. The van der Waals surface area contributed by atoms with Crippen LogP contribution < -0.4 is 9.46 Å². The molecule has 0 spiro atoms. The molecule has 8 heteroatoms. The maximum absolute atomic E-state index is 12.7. The number of rotatable bonds is 7. The predicted octanol–water partition coefficient (Wildman–Crippen LogP) is 1.64. The SMILES string of the molecule is COc1ccccc1S(=O)(=O)NCC(c1ccco1)N1CCOCC1. The largest absolute Gasteiger partial charge is 0.495 e. The number of nitrogens with one attached hydrogen (secondary N) is 1. The van der Waals surface area contributed by atoms with Gasteiger partial charge in [-0.2, -0.15) is 0 Å². The lowest BCUT2D eigenvalue weighted by molar-refractivity contribution is 0.0128. The van der Waals surface area contributed by atoms with E-state index in [1.165, 1.54) is 13.2 Å². The summed E-state index contributed by atoms with van der Waals surface area (Å²) in [5.74, 6) is 1.04. The summed E-state index contributed by atoms with van der Waals surface area (Å²) in [6, 6.07) is 10.0.